The van der Waals surface area contributed by atoms with Crippen molar-refractivity contribution in [2.45, 2.75) is 18.9 Å². The third kappa shape index (κ3) is 3.94. The number of carbonyl (C=O) groups excluding carboxylic acids is 1. The molecule has 0 unspecified atom stereocenters. The summed E-state index contributed by atoms with van der Waals surface area (Å²) in [7, 11) is 1.58. The third-order valence-corrected chi connectivity index (χ3v) is 3.28. The molecule has 2 N–H and O–H groups in total. The number of hydrogen-bond acceptors (Lipinski definition) is 4. The molecule has 0 spiro atoms. The highest BCUT2D eigenvalue weighted by Crippen LogP contribution is 2.23. The molecule has 0 radical (unpaired) electrons. The molecule has 19 heavy (non-hydrogen) atoms. The summed E-state index contributed by atoms with van der Waals surface area (Å²) in [5.41, 5.74) is 0.691. The Bertz CT molecular complexity index is 436. The molecule has 1 aromatic carbocycles. The number of nitrogens with zero attached hydrogens (tertiary/aromatic N) is 1. The van der Waals surface area contributed by atoms with Crippen LogP contribution in [0.15, 0.2) is 24.3 Å². The highest BCUT2D eigenvalue weighted by atomic mass is 16.5. The van der Waals surface area contributed by atoms with E-state index >= 15 is 0 Å². The molecule has 0 bridgehead atoms. The summed E-state index contributed by atoms with van der Waals surface area (Å²) < 4.78 is 5.18. The summed E-state index contributed by atoms with van der Waals surface area (Å²) in [5.74, 6) is 0.623. The SMILES string of the molecule is COc1ccccc1NC(=O)CCN1CC[C@H](O)C1. The molecule has 1 heterocycles. The Morgan fingerprint density at radius 2 is 2.32 bits per heavy atom. The summed E-state index contributed by atoms with van der Waals surface area (Å²) in [4.78, 5) is 14.0. The van der Waals surface area contributed by atoms with Crippen molar-refractivity contribution in [3.63, 3.8) is 0 Å². The van der Waals surface area contributed by atoms with Gasteiger partial charge < -0.3 is 20.1 Å². The van der Waals surface area contributed by atoms with E-state index in [1.165, 1.54) is 0 Å². The van der Waals surface area contributed by atoms with Gasteiger partial charge in [-0.2, -0.15) is 0 Å². The van der Waals surface area contributed by atoms with Crippen LogP contribution in [0.4, 0.5) is 5.69 Å². The number of aliphatic hydroxyl groups excluding tert-OH is 1. The van der Waals surface area contributed by atoms with Crippen molar-refractivity contribution in [2.24, 2.45) is 0 Å². The average Bonchev–Trinajstić information content (AvgIpc) is 2.83. The Morgan fingerprint density at radius 1 is 1.53 bits per heavy atom. The number of methoxy groups -OCH3 is 1. The minimum Gasteiger partial charge on any atom is -0.495 e. The van der Waals surface area contributed by atoms with Crippen LogP contribution in [0.25, 0.3) is 0 Å². The molecule has 1 aliphatic rings. The predicted molar refractivity (Wildman–Crippen MR) is 73.3 cm³/mol. The average molecular weight is 264 g/mol. The van der Waals surface area contributed by atoms with Crippen molar-refractivity contribution in [1.29, 1.82) is 0 Å². The second kappa shape index (κ2) is 6.54. The lowest BCUT2D eigenvalue weighted by molar-refractivity contribution is -0.116. The van der Waals surface area contributed by atoms with Crippen LogP contribution in [0, 0.1) is 0 Å². The fraction of sp³-hybridized carbons (Fsp3) is 0.500. The lowest BCUT2D eigenvalue weighted by Crippen LogP contribution is -2.26. The van der Waals surface area contributed by atoms with Crippen LogP contribution in [-0.4, -0.2) is 48.8 Å². The normalized spacial score (nSPS) is 19.4. The molecule has 5 nitrogen and oxygen atoms in total. The van der Waals surface area contributed by atoms with Gasteiger partial charge in [0.15, 0.2) is 0 Å². The number of benzene rings is 1. The molecule has 104 valence electrons. The van der Waals surface area contributed by atoms with E-state index in [9.17, 15) is 9.90 Å². The van der Waals surface area contributed by atoms with Crippen molar-refractivity contribution in [3.05, 3.63) is 24.3 Å². The van der Waals surface area contributed by atoms with Crippen LogP contribution >= 0.6 is 0 Å². The van der Waals surface area contributed by atoms with Crippen molar-refractivity contribution >= 4 is 11.6 Å². The maximum atomic E-state index is 11.9. The Morgan fingerprint density at radius 3 is 3.00 bits per heavy atom. The highest BCUT2D eigenvalue weighted by Gasteiger charge is 2.20. The molecule has 1 aromatic rings. The third-order valence-electron chi connectivity index (χ3n) is 3.28. The standard InChI is InChI=1S/C14H20N2O3/c1-19-13-5-3-2-4-12(13)15-14(18)7-9-16-8-6-11(17)10-16/h2-5,11,17H,6-10H2,1H3,(H,15,18)/t11-/m0/s1. The summed E-state index contributed by atoms with van der Waals surface area (Å²) in [6, 6.07) is 7.35. The number of anilines is 1. The van der Waals surface area contributed by atoms with Gasteiger partial charge in [-0.25, -0.2) is 0 Å². The van der Waals surface area contributed by atoms with E-state index in [0.717, 1.165) is 13.0 Å². The molecule has 1 fully saturated rings. The zero-order valence-corrected chi connectivity index (χ0v) is 11.1. The summed E-state index contributed by atoms with van der Waals surface area (Å²) in [6.45, 7) is 2.21. The number of β-amino-alcohol motifs (C(OH)–C–C–N with tert-alkyl or cyclic N) is 1. The van der Waals surface area contributed by atoms with E-state index in [4.69, 9.17) is 4.74 Å². The lowest BCUT2D eigenvalue weighted by atomic mass is 10.2. The van der Waals surface area contributed by atoms with Gasteiger partial charge >= 0.3 is 0 Å². The zero-order chi connectivity index (χ0) is 13.7. The highest BCUT2D eigenvalue weighted by molar-refractivity contribution is 5.92. The van der Waals surface area contributed by atoms with Crippen LogP contribution in [0.3, 0.4) is 0 Å². The number of likely N-dealkylation sites (tertiary alicyclic amines) is 1. The Labute approximate surface area is 113 Å². The topological polar surface area (TPSA) is 61.8 Å². The fourth-order valence-electron chi connectivity index (χ4n) is 2.24. The maximum Gasteiger partial charge on any atom is 0.225 e. The molecule has 1 atom stereocenters. The molecule has 0 aromatic heterocycles. The Hall–Kier alpha value is -1.59. The fourth-order valence-corrected chi connectivity index (χ4v) is 2.24. The van der Waals surface area contributed by atoms with Gasteiger partial charge in [-0.15, -0.1) is 0 Å². The minimum atomic E-state index is -0.239. The van der Waals surface area contributed by atoms with E-state index in [0.29, 0.717) is 30.9 Å². The molecule has 5 heteroatoms. The molecule has 1 saturated heterocycles. The summed E-state index contributed by atoms with van der Waals surface area (Å²) in [5, 5.41) is 12.3. The van der Waals surface area contributed by atoms with E-state index in [1.807, 2.05) is 24.3 Å². The van der Waals surface area contributed by atoms with Crippen molar-refractivity contribution in [2.75, 3.05) is 32.1 Å². The summed E-state index contributed by atoms with van der Waals surface area (Å²) >= 11 is 0. The van der Waals surface area contributed by atoms with Crippen molar-refractivity contribution in [1.82, 2.24) is 4.90 Å². The Balaban J connectivity index is 1.81. The van der Waals surface area contributed by atoms with E-state index < -0.39 is 0 Å². The molecule has 1 aliphatic heterocycles. The minimum absolute atomic E-state index is 0.0362. The maximum absolute atomic E-state index is 11.9. The Kier molecular flexibility index (Phi) is 4.76. The van der Waals surface area contributed by atoms with E-state index in [1.54, 1.807) is 7.11 Å². The first-order valence-corrected chi connectivity index (χ1v) is 6.52. The van der Waals surface area contributed by atoms with Gasteiger partial charge in [-0.3, -0.25) is 4.79 Å². The number of ether oxygens (including phenoxy) is 1. The number of amides is 1. The van der Waals surface area contributed by atoms with E-state index in [2.05, 4.69) is 10.2 Å². The first kappa shape index (κ1) is 13.8. The molecule has 2 rings (SSSR count). The molecule has 0 aliphatic carbocycles. The largest absolute Gasteiger partial charge is 0.495 e. The predicted octanol–water partition coefficient (Wildman–Crippen LogP) is 1.09. The van der Waals surface area contributed by atoms with Gasteiger partial charge in [-0.1, -0.05) is 12.1 Å². The smallest absolute Gasteiger partial charge is 0.225 e. The quantitative estimate of drug-likeness (QED) is 0.835. The zero-order valence-electron chi connectivity index (χ0n) is 11.1. The first-order chi connectivity index (χ1) is 9.19. The number of nitrogens with one attached hydrogen (secondary N) is 1. The molecular weight excluding hydrogens is 244 g/mol. The van der Waals surface area contributed by atoms with Gasteiger partial charge in [0.05, 0.1) is 18.9 Å². The van der Waals surface area contributed by atoms with E-state index in [-0.39, 0.29) is 12.0 Å². The number of rotatable bonds is 5. The number of hydrogen-bond donors (Lipinski definition) is 2. The van der Waals surface area contributed by atoms with Crippen LogP contribution in [-0.2, 0) is 4.79 Å². The van der Waals surface area contributed by atoms with Gasteiger partial charge in [0.25, 0.3) is 0 Å². The van der Waals surface area contributed by atoms with Crippen LogP contribution in [0.5, 0.6) is 5.75 Å². The van der Waals surface area contributed by atoms with Crippen LogP contribution in [0.1, 0.15) is 12.8 Å². The molecular formula is C14H20N2O3. The van der Waals surface area contributed by atoms with Crippen molar-refractivity contribution in [3.8, 4) is 5.75 Å². The van der Waals surface area contributed by atoms with Gasteiger partial charge in [-0.05, 0) is 18.6 Å². The number of para-hydroxylation sites is 2. The number of aliphatic hydroxyl groups is 1. The van der Waals surface area contributed by atoms with Gasteiger partial charge in [0.1, 0.15) is 5.75 Å². The second-order valence-electron chi connectivity index (χ2n) is 4.74. The van der Waals surface area contributed by atoms with Gasteiger partial charge in [0, 0.05) is 26.1 Å². The van der Waals surface area contributed by atoms with Gasteiger partial charge in [0.2, 0.25) is 5.91 Å². The lowest BCUT2D eigenvalue weighted by Gasteiger charge is -2.15. The second-order valence-corrected chi connectivity index (χ2v) is 4.74. The van der Waals surface area contributed by atoms with Crippen LogP contribution < -0.4 is 10.1 Å². The van der Waals surface area contributed by atoms with Crippen LogP contribution in [0.2, 0.25) is 0 Å². The summed E-state index contributed by atoms with van der Waals surface area (Å²) in [6.07, 6.45) is 0.982. The first-order valence-electron chi connectivity index (χ1n) is 6.52. The molecule has 0 saturated carbocycles. The molecule has 1 amide bonds. The van der Waals surface area contributed by atoms with Crippen molar-refractivity contribution < 1.29 is 14.6 Å². The monoisotopic (exact) mass is 264 g/mol. The number of carbonyl (C=O) groups is 1.